The van der Waals surface area contributed by atoms with Crippen LogP contribution in [0.3, 0.4) is 0 Å². The number of nitrogens with one attached hydrogen (secondary N) is 1. The van der Waals surface area contributed by atoms with Crippen molar-refractivity contribution in [3.05, 3.63) is 70.7 Å². The van der Waals surface area contributed by atoms with Crippen LogP contribution in [0.15, 0.2) is 55.0 Å². The highest BCUT2D eigenvalue weighted by molar-refractivity contribution is 5.81. The zero-order valence-electron chi connectivity index (χ0n) is 13.5. The van der Waals surface area contributed by atoms with Crippen molar-refractivity contribution in [3.8, 4) is 11.3 Å². The number of hydrogen-bond acceptors (Lipinski definition) is 4. The van der Waals surface area contributed by atoms with Crippen molar-refractivity contribution in [1.82, 2.24) is 9.55 Å². The van der Waals surface area contributed by atoms with E-state index < -0.39 is 16.7 Å². The summed E-state index contributed by atoms with van der Waals surface area (Å²) in [5.41, 5.74) is 1.03. The summed E-state index contributed by atoms with van der Waals surface area (Å²) >= 11 is 0. The highest BCUT2D eigenvalue weighted by Gasteiger charge is 2.30. The zero-order valence-corrected chi connectivity index (χ0v) is 13.5. The van der Waals surface area contributed by atoms with Crippen LogP contribution < -0.4 is 5.32 Å². The van der Waals surface area contributed by atoms with Gasteiger partial charge in [-0.15, -0.1) is 0 Å². The molecule has 6 nitrogen and oxygen atoms in total. The molecule has 9 heteroatoms. The molecule has 0 radical (unpaired) electrons. The van der Waals surface area contributed by atoms with Crippen LogP contribution >= 0.6 is 0 Å². The second-order valence-corrected chi connectivity index (χ2v) is 5.61. The fourth-order valence-electron chi connectivity index (χ4n) is 2.42. The Morgan fingerprint density at radius 2 is 1.85 bits per heavy atom. The van der Waals surface area contributed by atoms with E-state index in [-0.39, 0.29) is 5.69 Å². The lowest BCUT2D eigenvalue weighted by molar-refractivity contribution is -0.384. The third-order valence-electron chi connectivity index (χ3n) is 3.69. The Morgan fingerprint density at radius 3 is 2.38 bits per heavy atom. The minimum absolute atomic E-state index is 0.108. The molecule has 134 valence electrons. The summed E-state index contributed by atoms with van der Waals surface area (Å²) in [7, 11) is 1.76. The molecule has 0 aliphatic heterocycles. The average Bonchev–Trinajstić information content (AvgIpc) is 3.01. The SMILES string of the molecule is Cn1cnc(-c2cc([N+](=O)[O-])ccc2Nc2ccc(C(F)(F)F)cc2)c1. The van der Waals surface area contributed by atoms with Crippen LogP contribution in [-0.4, -0.2) is 14.5 Å². The topological polar surface area (TPSA) is 73.0 Å². The van der Waals surface area contributed by atoms with Crippen molar-refractivity contribution in [1.29, 1.82) is 0 Å². The number of nitrogens with zero attached hydrogens (tertiary/aromatic N) is 3. The molecule has 0 bridgehead atoms. The minimum atomic E-state index is -4.41. The third kappa shape index (κ3) is 3.66. The summed E-state index contributed by atoms with van der Waals surface area (Å²) in [5, 5.41) is 14.0. The average molecular weight is 362 g/mol. The molecule has 0 amide bonds. The van der Waals surface area contributed by atoms with Crippen LogP contribution in [0.5, 0.6) is 0 Å². The van der Waals surface area contributed by atoms with Gasteiger partial charge in [-0.25, -0.2) is 4.98 Å². The van der Waals surface area contributed by atoms with E-state index >= 15 is 0 Å². The molecule has 1 heterocycles. The second kappa shape index (κ2) is 6.51. The minimum Gasteiger partial charge on any atom is -0.355 e. The molecule has 0 saturated heterocycles. The normalized spacial score (nSPS) is 11.4. The first kappa shape index (κ1) is 17.5. The largest absolute Gasteiger partial charge is 0.416 e. The van der Waals surface area contributed by atoms with Crippen molar-refractivity contribution < 1.29 is 18.1 Å². The van der Waals surface area contributed by atoms with Crippen LogP contribution in [0.1, 0.15) is 5.56 Å². The lowest BCUT2D eigenvalue weighted by atomic mass is 10.1. The number of benzene rings is 2. The summed E-state index contributed by atoms with van der Waals surface area (Å²) in [4.78, 5) is 14.7. The molecule has 0 atom stereocenters. The first-order chi connectivity index (χ1) is 12.2. The molecule has 3 aromatic rings. The Hall–Kier alpha value is -3.36. The molecule has 0 aliphatic rings. The predicted octanol–water partition coefficient (Wildman–Crippen LogP) is 4.76. The first-order valence-electron chi connectivity index (χ1n) is 7.45. The van der Waals surface area contributed by atoms with Crippen LogP contribution in [-0.2, 0) is 13.2 Å². The molecule has 1 aromatic heterocycles. The van der Waals surface area contributed by atoms with E-state index in [2.05, 4.69) is 10.3 Å². The molecule has 26 heavy (non-hydrogen) atoms. The number of imidazole rings is 1. The fourth-order valence-corrected chi connectivity index (χ4v) is 2.42. The molecule has 0 spiro atoms. The predicted molar refractivity (Wildman–Crippen MR) is 90.0 cm³/mol. The lowest BCUT2D eigenvalue weighted by Crippen LogP contribution is -2.04. The van der Waals surface area contributed by atoms with E-state index in [1.54, 1.807) is 24.1 Å². The van der Waals surface area contributed by atoms with E-state index in [1.807, 2.05) is 0 Å². The van der Waals surface area contributed by atoms with Gasteiger partial charge in [-0.05, 0) is 30.3 Å². The maximum atomic E-state index is 12.7. The number of non-ortho nitro benzene ring substituents is 1. The van der Waals surface area contributed by atoms with E-state index in [4.69, 9.17) is 0 Å². The standard InChI is InChI=1S/C17H13F3N4O2/c1-23-9-16(21-10-23)14-8-13(24(25)26)6-7-15(14)22-12-4-2-11(3-5-12)17(18,19)20/h2-10,22H,1H3. The van der Waals surface area contributed by atoms with Crippen LogP contribution in [0, 0.1) is 10.1 Å². The van der Waals surface area contributed by atoms with Gasteiger partial charge in [0.2, 0.25) is 0 Å². The van der Waals surface area contributed by atoms with Gasteiger partial charge in [0.15, 0.2) is 0 Å². The number of nitro benzene ring substituents is 1. The molecule has 0 aliphatic carbocycles. The molecule has 3 rings (SSSR count). The molecule has 0 fully saturated rings. The monoisotopic (exact) mass is 362 g/mol. The number of aryl methyl sites for hydroxylation is 1. The van der Waals surface area contributed by atoms with Gasteiger partial charge in [-0.2, -0.15) is 13.2 Å². The number of anilines is 2. The van der Waals surface area contributed by atoms with Crippen LogP contribution in [0.2, 0.25) is 0 Å². The Bertz CT molecular complexity index is 949. The van der Waals surface area contributed by atoms with Crippen molar-refractivity contribution >= 4 is 17.1 Å². The number of halogens is 3. The molecular weight excluding hydrogens is 349 g/mol. The third-order valence-corrected chi connectivity index (χ3v) is 3.69. The second-order valence-electron chi connectivity index (χ2n) is 5.61. The maximum absolute atomic E-state index is 12.7. The molecule has 2 aromatic carbocycles. The van der Waals surface area contributed by atoms with Crippen molar-refractivity contribution in [3.63, 3.8) is 0 Å². The first-order valence-corrected chi connectivity index (χ1v) is 7.45. The summed E-state index contributed by atoms with van der Waals surface area (Å²) in [5.74, 6) is 0. The van der Waals surface area contributed by atoms with Crippen LogP contribution in [0.25, 0.3) is 11.3 Å². The lowest BCUT2D eigenvalue weighted by Gasteiger charge is -2.12. The van der Waals surface area contributed by atoms with Gasteiger partial charge in [0.05, 0.1) is 22.5 Å². The number of aromatic nitrogens is 2. The Labute approximate surface area is 146 Å². The van der Waals surface area contributed by atoms with Gasteiger partial charge in [0.1, 0.15) is 0 Å². The molecule has 0 unspecified atom stereocenters. The van der Waals surface area contributed by atoms with Gasteiger partial charge < -0.3 is 9.88 Å². The summed E-state index contributed by atoms with van der Waals surface area (Å²) in [6, 6.07) is 8.72. The highest BCUT2D eigenvalue weighted by Crippen LogP contribution is 2.34. The highest BCUT2D eigenvalue weighted by atomic mass is 19.4. The van der Waals surface area contributed by atoms with Crippen molar-refractivity contribution in [2.45, 2.75) is 6.18 Å². The van der Waals surface area contributed by atoms with Gasteiger partial charge in [-0.3, -0.25) is 10.1 Å². The summed E-state index contributed by atoms with van der Waals surface area (Å²) in [6.45, 7) is 0. The Balaban J connectivity index is 1.98. The van der Waals surface area contributed by atoms with Crippen molar-refractivity contribution in [2.75, 3.05) is 5.32 Å². The Morgan fingerprint density at radius 1 is 1.15 bits per heavy atom. The van der Waals surface area contributed by atoms with Crippen LogP contribution in [0.4, 0.5) is 30.2 Å². The number of alkyl halides is 3. The number of rotatable bonds is 4. The smallest absolute Gasteiger partial charge is 0.355 e. The van der Waals surface area contributed by atoms with E-state index in [0.717, 1.165) is 12.1 Å². The van der Waals surface area contributed by atoms with Gasteiger partial charge in [0.25, 0.3) is 5.69 Å². The van der Waals surface area contributed by atoms with Gasteiger partial charge in [-0.1, -0.05) is 0 Å². The molecular formula is C17H13F3N4O2. The van der Waals surface area contributed by atoms with E-state index in [9.17, 15) is 23.3 Å². The van der Waals surface area contributed by atoms with E-state index in [0.29, 0.717) is 22.6 Å². The fraction of sp³-hybridized carbons (Fsp3) is 0.118. The van der Waals surface area contributed by atoms with E-state index in [1.165, 1.54) is 30.3 Å². The molecule has 1 N–H and O–H groups in total. The molecule has 0 saturated carbocycles. The van der Waals surface area contributed by atoms with Gasteiger partial charge in [0, 0.05) is 42.3 Å². The summed E-state index contributed by atoms with van der Waals surface area (Å²) < 4.78 is 39.7. The zero-order chi connectivity index (χ0) is 18.9. The summed E-state index contributed by atoms with van der Waals surface area (Å²) in [6.07, 6.45) is -1.17. The quantitative estimate of drug-likeness (QED) is 0.537. The number of nitro groups is 1. The maximum Gasteiger partial charge on any atom is 0.416 e. The van der Waals surface area contributed by atoms with Gasteiger partial charge >= 0.3 is 6.18 Å². The van der Waals surface area contributed by atoms with Crippen molar-refractivity contribution in [2.24, 2.45) is 7.05 Å². The number of hydrogen-bond donors (Lipinski definition) is 1. The Kier molecular flexibility index (Phi) is 4.37.